The number of rotatable bonds is 5. The number of tetrazole rings is 1. The molecule has 1 rings (SSSR count). The molecule has 0 fully saturated rings. The first-order chi connectivity index (χ1) is 6.58. The van der Waals surface area contributed by atoms with Crippen molar-refractivity contribution in [1.29, 1.82) is 0 Å². The van der Waals surface area contributed by atoms with Crippen LogP contribution in [0.25, 0.3) is 0 Å². The molecule has 0 radical (unpaired) electrons. The summed E-state index contributed by atoms with van der Waals surface area (Å²) in [5, 5.41) is 11.2. The quantitative estimate of drug-likeness (QED) is 0.652. The fourth-order valence-electron chi connectivity index (χ4n) is 0.881. The number of hydrogen-bond donors (Lipinski definition) is 0. The molecule has 0 bridgehead atoms. The Morgan fingerprint density at radius 1 is 1.57 bits per heavy atom. The highest BCUT2D eigenvalue weighted by Crippen LogP contribution is 1.93. The number of aromatic nitrogens is 4. The van der Waals surface area contributed by atoms with Crippen molar-refractivity contribution in [3.8, 4) is 0 Å². The van der Waals surface area contributed by atoms with E-state index in [4.69, 9.17) is 4.74 Å². The Kier molecular flexibility index (Phi) is 3.70. The molecule has 0 aliphatic carbocycles. The zero-order valence-electron chi connectivity index (χ0n) is 8.60. The molecule has 0 amide bonds. The molecule has 0 aromatic carbocycles. The summed E-state index contributed by atoms with van der Waals surface area (Å²) < 4.78 is 5.15. The lowest BCUT2D eigenvalue weighted by Crippen LogP contribution is -2.16. The van der Waals surface area contributed by atoms with E-state index in [0.717, 1.165) is 0 Å². The summed E-state index contributed by atoms with van der Waals surface area (Å²) in [7, 11) is 1.66. The van der Waals surface area contributed by atoms with Gasteiger partial charge in [0.15, 0.2) is 11.6 Å². The summed E-state index contributed by atoms with van der Waals surface area (Å²) in [6.45, 7) is 3.87. The van der Waals surface area contributed by atoms with E-state index in [1.807, 2.05) is 13.8 Å². The molecule has 1 aromatic heterocycles. The summed E-state index contributed by atoms with van der Waals surface area (Å²) in [6, 6.07) is 0. The lowest BCUT2D eigenvalue weighted by Gasteiger charge is -2.04. The van der Waals surface area contributed by atoms with Crippen LogP contribution in [0.3, 0.4) is 0 Å². The van der Waals surface area contributed by atoms with Gasteiger partial charge in [0.1, 0.15) is 6.61 Å². The van der Waals surface area contributed by atoms with Crippen LogP contribution in [0.5, 0.6) is 0 Å². The summed E-state index contributed by atoms with van der Waals surface area (Å²) in [5.41, 5.74) is 0. The SMILES string of the molecule is CC(C)OCC(=O)Cc1nnn(C)n1. The number of carbonyl (C=O) groups is 1. The Morgan fingerprint density at radius 2 is 2.29 bits per heavy atom. The largest absolute Gasteiger partial charge is 0.371 e. The summed E-state index contributed by atoms with van der Waals surface area (Å²) >= 11 is 0. The van der Waals surface area contributed by atoms with E-state index >= 15 is 0 Å². The predicted molar refractivity (Wildman–Crippen MR) is 48.6 cm³/mol. The topological polar surface area (TPSA) is 69.9 Å². The Hall–Kier alpha value is -1.30. The minimum absolute atomic E-state index is 0.0355. The molecule has 0 aliphatic rings. The van der Waals surface area contributed by atoms with E-state index < -0.39 is 0 Å². The van der Waals surface area contributed by atoms with Crippen LogP contribution in [0.4, 0.5) is 0 Å². The molecule has 0 spiro atoms. The molecule has 0 saturated heterocycles. The van der Waals surface area contributed by atoms with Gasteiger partial charge in [0.2, 0.25) is 0 Å². The first-order valence-corrected chi connectivity index (χ1v) is 4.44. The highest BCUT2D eigenvalue weighted by Gasteiger charge is 2.09. The average molecular weight is 198 g/mol. The van der Waals surface area contributed by atoms with Crippen molar-refractivity contribution in [2.75, 3.05) is 6.61 Å². The van der Waals surface area contributed by atoms with E-state index in [2.05, 4.69) is 15.4 Å². The molecule has 6 heteroatoms. The Balaban J connectivity index is 2.34. The molecular weight excluding hydrogens is 184 g/mol. The summed E-state index contributed by atoms with van der Waals surface area (Å²) in [6.07, 6.45) is 0.245. The molecule has 1 aromatic rings. The standard InChI is InChI=1S/C8H14N4O2/c1-6(2)14-5-7(13)4-8-9-11-12(3)10-8/h6H,4-5H2,1-3H3. The maximum absolute atomic E-state index is 11.3. The first-order valence-electron chi connectivity index (χ1n) is 4.44. The number of Topliss-reactive ketones (excluding diaryl/α,β-unsaturated/α-hetero) is 1. The van der Waals surface area contributed by atoms with Crippen LogP contribution in [0.15, 0.2) is 0 Å². The number of carbonyl (C=O) groups excluding carboxylic acids is 1. The second-order valence-electron chi connectivity index (χ2n) is 3.27. The van der Waals surface area contributed by atoms with Crippen molar-refractivity contribution in [3.05, 3.63) is 5.82 Å². The van der Waals surface area contributed by atoms with E-state index in [0.29, 0.717) is 5.82 Å². The average Bonchev–Trinajstić information content (AvgIpc) is 2.48. The molecule has 6 nitrogen and oxygen atoms in total. The van der Waals surface area contributed by atoms with Crippen LogP contribution in [-0.4, -0.2) is 38.7 Å². The van der Waals surface area contributed by atoms with Gasteiger partial charge >= 0.3 is 0 Å². The zero-order chi connectivity index (χ0) is 10.6. The minimum Gasteiger partial charge on any atom is -0.371 e. The van der Waals surface area contributed by atoms with E-state index in [1.165, 1.54) is 4.80 Å². The molecule has 0 atom stereocenters. The third-order valence-electron chi connectivity index (χ3n) is 1.48. The number of hydrogen-bond acceptors (Lipinski definition) is 5. The smallest absolute Gasteiger partial charge is 0.182 e. The van der Waals surface area contributed by atoms with Gasteiger partial charge in [0.05, 0.1) is 19.6 Å². The Bertz CT molecular complexity index is 308. The summed E-state index contributed by atoms with van der Waals surface area (Å²) in [4.78, 5) is 12.6. The van der Waals surface area contributed by atoms with Crippen molar-refractivity contribution in [1.82, 2.24) is 20.2 Å². The lowest BCUT2D eigenvalue weighted by atomic mass is 10.3. The van der Waals surface area contributed by atoms with Crippen LogP contribution in [0.2, 0.25) is 0 Å². The van der Waals surface area contributed by atoms with E-state index in [-0.39, 0.29) is 24.9 Å². The fourth-order valence-corrected chi connectivity index (χ4v) is 0.881. The van der Waals surface area contributed by atoms with Crippen molar-refractivity contribution in [2.45, 2.75) is 26.4 Å². The van der Waals surface area contributed by atoms with Crippen molar-refractivity contribution in [3.63, 3.8) is 0 Å². The van der Waals surface area contributed by atoms with Gasteiger partial charge in [-0.2, -0.15) is 4.80 Å². The molecule has 1 heterocycles. The number of ketones is 1. The fraction of sp³-hybridized carbons (Fsp3) is 0.750. The van der Waals surface area contributed by atoms with Gasteiger partial charge in [0.25, 0.3) is 0 Å². The molecular formula is C8H14N4O2. The summed E-state index contributed by atoms with van der Waals surface area (Å²) in [5.74, 6) is 0.400. The van der Waals surface area contributed by atoms with Crippen LogP contribution < -0.4 is 0 Å². The second-order valence-corrected chi connectivity index (χ2v) is 3.27. The van der Waals surface area contributed by atoms with E-state index in [1.54, 1.807) is 7.05 Å². The van der Waals surface area contributed by atoms with Crippen LogP contribution in [-0.2, 0) is 23.0 Å². The minimum atomic E-state index is -0.0355. The van der Waals surface area contributed by atoms with Gasteiger partial charge in [-0.3, -0.25) is 4.79 Å². The van der Waals surface area contributed by atoms with Crippen LogP contribution >= 0.6 is 0 Å². The third kappa shape index (κ3) is 3.61. The first kappa shape index (κ1) is 10.8. The highest BCUT2D eigenvalue weighted by molar-refractivity contribution is 5.81. The van der Waals surface area contributed by atoms with Crippen LogP contribution in [0.1, 0.15) is 19.7 Å². The molecule has 0 aliphatic heterocycles. The Labute approximate surface area is 82.2 Å². The molecule has 0 N–H and O–H groups in total. The normalized spacial score (nSPS) is 10.9. The number of nitrogens with zero attached hydrogens (tertiary/aromatic N) is 4. The predicted octanol–water partition coefficient (Wildman–Crippen LogP) is -0.253. The van der Waals surface area contributed by atoms with Gasteiger partial charge in [-0.1, -0.05) is 0 Å². The molecule has 0 saturated carbocycles. The van der Waals surface area contributed by atoms with E-state index in [9.17, 15) is 4.79 Å². The van der Waals surface area contributed by atoms with Crippen molar-refractivity contribution >= 4 is 5.78 Å². The Morgan fingerprint density at radius 3 is 2.79 bits per heavy atom. The highest BCUT2D eigenvalue weighted by atomic mass is 16.5. The third-order valence-corrected chi connectivity index (χ3v) is 1.48. The molecule has 0 unspecified atom stereocenters. The van der Waals surface area contributed by atoms with Crippen molar-refractivity contribution < 1.29 is 9.53 Å². The number of aryl methyl sites for hydroxylation is 1. The van der Waals surface area contributed by atoms with Gasteiger partial charge in [-0.05, 0) is 19.1 Å². The second kappa shape index (κ2) is 4.80. The monoisotopic (exact) mass is 198 g/mol. The van der Waals surface area contributed by atoms with Gasteiger partial charge in [-0.15, -0.1) is 10.2 Å². The van der Waals surface area contributed by atoms with Crippen molar-refractivity contribution in [2.24, 2.45) is 7.05 Å². The molecule has 78 valence electrons. The molecule has 14 heavy (non-hydrogen) atoms. The number of ether oxygens (including phenoxy) is 1. The van der Waals surface area contributed by atoms with Gasteiger partial charge in [0, 0.05) is 0 Å². The maximum atomic E-state index is 11.3. The maximum Gasteiger partial charge on any atom is 0.182 e. The zero-order valence-corrected chi connectivity index (χ0v) is 8.60. The van der Waals surface area contributed by atoms with Gasteiger partial charge in [-0.25, -0.2) is 0 Å². The van der Waals surface area contributed by atoms with Crippen LogP contribution in [0, 0.1) is 0 Å². The van der Waals surface area contributed by atoms with Gasteiger partial charge < -0.3 is 4.74 Å². The lowest BCUT2D eigenvalue weighted by molar-refractivity contribution is -0.124.